The number of rotatable bonds is 6. The number of unbranched alkanes of at least 4 members (excludes halogenated alkanes) is 1. The van der Waals surface area contributed by atoms with Gasteiger partial charge in [0.1, 0.15) is 0 Å². The largest absolute Gasteiger partial charge is 0.382 e. The number of carbonyl (C=O) groups is 2. The molecule has 0 atom stereocenters. The molecule has 3 heterocycles. The summed E-state index contributed by atoms with van der Waals surface area (Å²) in [6.07, 6.45) is 4.41. The smallest absolute Gasteiger partial charge is 0.280 e. The summed E-state index contributed by atoms with van der Waals surface area (Å²) in [5.41, 5.74) is 11.9. The number of aryl methyl sites for hydroxylation is 1. The summed E-state index contributed by atoms with van der Waals surface area (Å²) in [4.78, 5) is 39.3. The molecule has 2 amide bonds. The first-order valence-electron chi connectivity index (χ1n) is 11.6. The van der Waals surface area contributed by atoms with Crippen molar-refractivity contribution in [3.8, 4) is 0 Å². The van der Waals surface area contributed by atoms with Crippen LogP contribution in [0.15, 0.2) is 23.2 Å². The molecule has 36 heavy (non-hydrogen) atoms. The van der Waals surface area contributed by atoms with Crippen LogP contribution in [-0.4, -0.2) is 57.8 Å². The number of hydrogen-bond donors (Lipinski definition) is 4. The second-order valence-corrected chi connectivity index (χ2v) is 10.2. The van der Waals surface area contributed by atoms with Crippen LogP contribution in [0.25, 0.3) is 0 Å². The van der Waals surface area contributed by atoms with E-state index in [9.17, 15) is 9.59 Å². The van der Waals surface area contributed by atoms with Gasteiger partial charge in [0.2, 0.25) is 5.91 Å². The van der Waals surface area contributed by atoms with Crippen molar-refractivity contribution < 1.29 is 9.59 Å². The Hall–Kier alpha value is -2.82. The summed E-state index contributed by atoms with van der Waals surface area (Å²) in [6, 6.07) is 5.49. The standard InChI is InChI=1S/C23H27Cl3N8O2/c24-14-6-5-13(15(25)11-14)3-1-2-4-16(35)34-9-7-23(8-10-34)12-29-22(33-23)32-21(36)17-19(27)31-20(28)18(26)30-17/h5-6,11H,1-4,7-10,12H2,(H4,27,28,31)(H2,29,32,33,36). The van der Waals surface area contributed by atoms with Crippen LogP contribution in [0, 0.1) is 0 Å². The SMILES string of the molecule is Nc1nc(N)c(C(=O)NC2=NCC3(CCN(C(=O)CCCCc4ccc(Cl)cc4Cl)CC3)N2)nc1Cl. The summed E-state index contributed by atoms with van der Waals surface area (Å²) in [6.45, 7) is 1.74. The molecule has 0 aliphatic carbocycles. The number of hydrogen-bond acceptors (Lipinski definition) is 8. The lowest BCUT2D eigenvalue weighted by Gasteiger charge is -2.39. The van der Waals surface area contributed by atoms with Crippen molar-refractivity contribution in [1.82, 2.24) is 25.5 Å². The van der Waals surface area contributed by atoms with Crippen LogP contribution in [-0.2, 0) is 11.2 Å². The number of anilines is 2. The minimum atomic E-state index is -0.585. The minimum absolute atomic E-state index is 0.0479. The van der Waals surface area contributed by atoms with E-state index in [0.717, 1.165) is 37.7 Å². The van der Waals surface area contributed by atoms with E-state index >= 15 is 0 Å². The van der Waals surface area contributed by atoms with E-state index in [-0.39, 0.29) is 33.9 Å². The highest BCUT2D eigenvalue weighted by Crippen LogP contribution is 2.27. The van der Waals surface area contributed by atoms with Gasteiger partial charge in [0, 0.05) is 29.6 Å². The molecule has 0 radical (unpaired) electrons. The third-order valence-corrected chi connectivity index (χ3v) is 7.32. The lowest BCUT2D eigenvalue weighted by atomic mass is 9.88. The number of amides is 2. The minimum Gasteiger partial charge on any atom is -0.382 e. The van der Waals surface area contributed by atoms with Crippen LogP contribution in [0.1, 0.15) is 48.2 Å². The zero-order valence-corrected chi connectivity index (χ0v) is 21.8. The van der Waals surface area contributed by atoms with E-state index in [1.54, 1.807) is 6.07 Å². The molecule has 1 fully saturated rings. The normalized spacial score (nSPS) is 16.5. The Bertz CT molecular complexity index is 1200. The summed E-state index contributed by atoms with van der Waals surface area (Å²) in [5, 5.41) is 7.14. The van der Waals surface area contributed by atoms with Crippen LogP contribution in [0.2, 0.25) is 15.2 Å². The van der Waals surface area contributed by atoms with Gasteiger partial charge in [0.05, 0.1) is 12.1 Å². The lowest BCUT2D eigenvalue weighted by molar-refractivity contribution is -0.132. The predicted molar refractivity (Wildman–Crippen MR) is 141 cm³/mol. The van der Waals surface area contributed by atoms with Crippen LogP contribution in [0.5, 0.6) is 0 Å². The quantitative estimate of drug-likeness (QED) is 0.401. The van der Waals surface area contributed by atoms with E-state index in [4.69, 9.17) is 46.3 Å². The Labute approximate surface area is 223 Å². The second-order valence-electron chi connectivity index (χ2n) is 8.98. The average molecular weight is 554 g/mol. The fraction of sp³-hybridized carbons (Fsp3) is 0.435. The highest BCUT2D eigenvalue weighted by molar-refractivity contribution is 6.35. The number of carbonyl (C=O) groups excluding carboxylic acids is 2. The van der Waals surface area contributed by atoms with Crippen LogP contribution in [0.3, 0.4) is 0 Å². The van der Waals surface area contributed by atoms with Crippen LogP contribution in [0.4, 0.5) is 11.6 Å². The number of aliphatic imine (C=N–C) groups is 1. The average Bonchev–Trinajstić information content (AvgIpc) is 3.22. The number of likely N-dealkylation sites (tertiary alicyclic amines) is 1. The molecule has 4 rings (SSSR count). The molecule has 2 aliphatic rings. The summed E-state index contributed by atoms with van der Waals surface area (Å²) >= 11 is 18.0. The first kappa shape index (κ1) is 26.2. The molecule has 6 N–H and O–H groups in total. The number of nitrogens with zero attached hydrogens (tertiary/aromatic N) is 4. The molecule has 0 saturated carbocycles. The Kier molecular flexibility index (Phi) is 8.07. The van der Waals surface area contributed by atoms with E-state index < -0.39 is 5.91 Å². The molecule has 1 saturated heterocycles. The van der Waals surface area contributed by atoms with Crippen LogP contribution >= 0.6 is 34.8 Å². The fourth-order valence-electron chi connectivity index (χ4n) is 4.35. The number of guanidine groups is 1. The lowest BCUT2D eigenvalue weighted by Crippen LogP contribution is -2.56. The van der Waals surface area contributed by atoms with Crippen molar-refractivity contribution in [2.45, 2.75) is 44.1 Å². The van der Waals surface area contributed by atoms with Gasteiger partial charge in [-0.1, -0.05) is 40.9 Å². The van der Waals surface area contributed by atoms with Gasteiger partial charge in [0.15, 0.2) is 28.4 Å². The molecule has 2 aliphatic heterocycles. The topological polar surface area (TPSA) is 152 Å². The molecular formula is C23H27Cl3N8O2. The summed E-state index contributed by atoms with van der Waals surface area (Å²) in [7, 11) is 0. The zero-order chi connectivity index (χ0) is 25.9. The Morgan fingerprint density at radius 1 is 1.08 bits per heavy atom. The molecule has 2 aromatic rings. The monoisotopic (exact) mass is 552 g/mol. The van der Waals surface area contributed by atoms with Crippen molar-refractivity contribution in [3.05, 3.63) is 44.7 Å². The number of aromatic nitrogens is 2. The van der Waals surface area contributed by atoms with Gasteiger partial charge in [-0.3, -0.25) is 19.9 Å². The fourth-order valence-corrected chi connectivity index (χ4v) is 4.98. The van der Waals surface area contributed by atoms with Crippen molar-refractivity contribution in [3.63, 3.8) is 0 Å². The third-order valence-electron chi connectivity index (χ3n) is 6.45. The molecular weight excluding hydrogens is 527 g/mol. The number of nitrogens with one attached hydrogen (secondary N) is 2. The number of nitrogens with two attached hydrogens (primary N) is 2. The van der Waals surface area contributed by atoms with E-state index in [0.29, 0.717) is 42.1 Å². The molecule has 13 heteroatoms. The molecule has 10 nitrogen and oxygen atoms in total. The molecule has 1 aromatic heterocycles. The maximum Gasteiger partial charge on any atom is 0.280 e. The zero-order valence-electron chi connectivity index (χ0n) is 19.5. The Morgan fingerprint density at radius 3 is 2.56 bits per heavy atom. The number of benzene rings is 1. The Balaban J connectivity index is 1.20. The van der Waals surface area contributed by atoms with E-state index in [1.807, 2.05) is 17.0 Å². The molecule has 0 unspecified atom stereocenters. The molecule has 0 bridgehead atoms. The second kappa shape index (κ2) is 11.1. The highest BCUT2D eigenvalue weighted by Gasteiger charge is 2.40. The number of halogens is 3. The molecule has 192 valence electrons. The van der Waals surface area contributed by atoms with Crippen molar-refractivity contribution in [1.29, 1.82) is 0 Å². The Morgan fingerprint density at radius 2 is 1.83 bits per heavy atom. The van der Waals surface area contributed by atoms with Gasteiger partial charge in [-0.25, -0.2) is 9.97 Å². The van der Waals surface area contributed by atoms with Gasteiger partial charge in [0.25, 0.3) is 5.91 Å². The van der Waals surface area contributed by atoms with E-state index in [2.05, 4.69) is 25.6 Å². The maximum atomic E-state index is 12.7. The van der Waals surface area contributed by atoms with Crippen molar-refractivity contribution >= 4 is 64.2 Å². The molecule has 1 aromatic carbocycles. The summed E-state index contributed by atoms with van der Waals surface area (Å²) < 4.78 is 0. The van der Waals surface area contributed by atoms with Crippen molar-refractivity contribution in [2.75, 3.05) is 31.1 Å². The third kappa shape index (κ3) is 6.11. The van der Waals surface area contributed by atoms with Gasteiger partial charge >= 0.3 is 0 Å². The van der Waals surface area contributed by atoms with Crippen molar-refractivity contribution in [2.24, 2.45) is 4.99 Å². The van der Waals surface area contributed by atoms with E-state index in [1.165, 1.54) is 0 Å². The predicted octanol–water partition coefficient (Wildman–Crippen LogP) is 3.06. The number of piperidine rings is 1. The van der Waals surface area contributed by atoms with Crippen LogP contribution < -0.4 is 22.1 Å². The highest BCUT2D eigenvalue weighted by atomic mass is 35.5. The molecule has 1 spiro atoms. The summed E-state index contributed by atoms with van der Waals surface area (Å²) in [5.74, 6) is -0.277. The van der Waals surface area contributed by atoms with Gasteiger partial charge in [-0.15, -0.1) is 0 Å². The first-order valence-corrected chi connectivity index (χ1v) is 12.7. The van der Waals surface area contributed by atoms with Gasteiger partial charge in [-0.05, 0) is 49.8 Å². The first-order chi connectivity index (χ1) is 17.2. The van der Waals surface area contributed by atoms with Gasteiger partial charge in [-0.2, -0.15) is 0 Å². The van der Waals surface area contributed by atoms with Gasteiger partial charge < -0.3 is 21.7 Å². The number of nitrogen functional groups attached to an aromatic ring is 2. The maximum absolute atomic E-state index is 12.7.